The van der Waals surface area contributed by atoms with Gasteiger partial charge >= 0.3 is 11.9 Å². The van der Waals surface area contributed by atoms with Crippen LogP contribution in [0.1, 0.15) is 13.8 Å². The van der Waals surface area contributed by atoms with Crippen molar-refractivity contribution < 1.29 is 19.8 Å². The summed E-state index contributed by atoms with van der Waals surface area (Å²) < 4.78 is 0. The van der Waals surface area contributed by atoms with Crippen molar-refractivity contribution in [3.8, 4) is 0 Å². The lowest BCUT2D eigenvalue weighted by molar-refractivity contribution is -0.133. The summed E-state index contributed by atoms with van der Waals surface area (Å²) in [5.74, 6) is -2.21. The largest absolute Gasteiger partial charge is 0.478 e. The molecule has 0 radical (unpaired) electrons. The summed E-state index contributed by atoms with van der Waals surface area (Å²) in [6.07, 6.45) is 1.33. The molecule has 14 heavy (non-hydrogen) atoms. The second-order valence-corrected chi connectivity index (χ2v) is 3.10. The molecule has 0 aromatic rings. The Hall–Kier alpha value is -1.78. The molecule has 5 heteroatoms. The summed E-state index contributed by atoms with van der Waals surface area (Å²) in [7, 11) is 0. The Labute approximate surface area is 80.7 Å². The van der Waals surface area contributed by atoms with Gasteiger partial charge in [-0.1, -0.05) is 0 Å². The van der Waals surface area contributed by atoms with Crippen LogP contribution in [0.2, 0.25) is 0 Å². The molecule has 1 atom stereocenters. The van der Waals surface area contributed by atoms with Crippen molar-refractivity contribution in [1.29, 1.82) is 0 Å². The van der Waals surface area contributed by atoms with Crippen LogP contribution in [0.4, 0.5) is 0 Å². The van der Waals surface area contributed by atoms with Gasteiger partial charge in [0.15, 0.2) is 0 Å². The maximum atomic E-state index is 10.8. The van der Waals surface area contributed by atoms with Gasteiger partial charge in [0.2, 0.25) is 0 Å². The average molecular weight is 197 g/mol. The number of nitrogens with one attached hydrogen (secondary N) is 1. The smallest absolute Gasteiger partial charge is 0.337 e. The van der Waals surface area contributed by atoms with Crippen molar-refractivity contribution in [2.75, 3.05) is 0 Å². The van der Waals surface area contributed by atoms with Crippen LogP contribution in [0.25, 0.3) is 0 Å². The molecule has 0 saturated heterocycles. The summed E-state index contributed by atoms with van der Waals surface area (Å²) in [6, 6.07) is -0.365. The van der Waals surface area contributed by atoms with Crippen molar-refractivity contribution in [3.05, 3.63) is 22.9 Å². The van der Waals surface area contributed by atoms with Gasteiger partial charge in [0.25, 0.3) is 0 Å². The van der Waals surface area contributed by atoms with Crippen LogP contribution < -0.4 is 5.32 Å². The zero-order chi connectivity index (χ0) is 10.9. The molecular weight excluding hydrogens is 186 g/mol. The first-order valence-electron chi connectivity index (χ1n) is 4.09. The Morgan fingerprint density at radius 2 is 1.93 bits per heavy atom. The van der Waals surface area contributed by atoms with Crippen LogP contribution in [0, 0.1) is 0 Å². The SMILES string of the molecule is CC1=C(C(=O)O)C(C)NC=C1C(=O)O. The standard InChI is InChI=1S/C9H11NO4/c1-4-6(8(11)12)3-10-5(2)7(4)9(13)14/h3,5,10H,1-2H3,(H,11,12)(H,13,14). The highest BCUT2D eigenvalue weighted by Crippen LogP contribution is 2.21. The molecule has 0 aliphatic carbocycles. The number of carbonyl (C=O) groups is 2. The summed E-state index contributed by atoms with van der Waals surface area (Å²) >= 11 is 0. The van der Waals surface area contributed by atoms with E-state index in [0.717, 1.165) is 0 Å². The van der Waals surface area contributed by atoms with Gasteiger partial charge in [0.05, 0.1) is 17.2 Å². The van der Waals surface area contributed by atoms with E-state index in [0.29, 0.717) is 5.57 Å². The van der Waals surface area contributed by atoms with Crippen molar-refractivity contribution in [2.45, 2.75) is 19.9 Å². The van der Waals surface area contributed by atoms with Crippen molar-refractivity contribution in [3.63, 3.8) is 0 Å². The van der Waals surface area contributed by atoms with Gasteiger partial charge in [-0.3, -0.25) is 0 Å². The molecule has 5 nitrogen and oxygen atoms in total. The fourth-order valence-electron chi connectivity index (χ4n) is 1.44. The average Bonchev–Trinajstić information content (AvgIpc) is 2.02. The van der Waals surface area contributed by atoms with Crippen molar-refractivity contribution in [1.82, 2.24) is 5.32 Å². The fraction of sp³-hybridized carbons (Fsp3) is 0.333. The van der Waals surface area contributed by atoms with Crippen molar-refractivity contribution >= 4 is 11.9 Å². The van der Waals surface area contributed by atoms with E-state index in [1.165, 1.54) is 13.1 Å². The van der Waals surface area contributed by atoms with E-state index in [1.54, 1.807) is 6.92 Å². The molecule has 0 amide bonds. The molecule has 3 N–H and O–H groups in total. The Morgan fingerprint density at radius 1 is 1.36 bits per heavy atom. The van der Waals surface area contributed by atoms with E-state index in [4.69, 9.17) is 10.2 Å². The number of carboxylic acid groups (broad SMARTS) is 2. The molecular formula is C9H11NO4. The van der Waals surface area contributed by atoms with Crippen LogP contribution in [-0.4, -0.2) is 28.2 Å². The molecule has 1 heterocycles. The normalized spacial score (nSPS) is 21.3. The number of hydrogen-bond acceptors (Lipinski definition) is 3. The lowest BCUT2D eigenvalue weighted by atomic mass is 9.94. The monoisotopic (exact) mass is 197 g/mol. The predicted octanol–water partition coefficient (Wildman–Crippen LogP) is 0.348. The van der Waals surface area contributed by atoms with Gasteiger partial charge in [-0.2, -0.15) is 0 Å². The molecule has 0 fully saturated rings. The third-order valence-electron chi connectivity index (χ3n) is 2.18. The van der Waals surface area contributed by atoms with Gasteiger partial charge in [-0.05, 0) is 19.4 Å². The highest BCUT2D eigenvalue weighted by Gasteiger charge is 2.26. The second kappa shape index (κ2) is 3.53. The van der Waals surface area contributed by atoms with Crippen LogP contribution >= 0.6 is 0 Å². The molecule has 0 aromatic heterocycles. The van der Waals surface area contributed by atoms with E-state index in [2.05, 4.69) is 5.32 Å². The number of carboxylic acids is 2. The molecule has 0 spiro atoms. The number of aliphatic carboxylic acids is 2. The first-order chi connectivity index (χ1) is 6.45. The van der Waals surface area contributed by atoms with E-state index in [9.17, 15) is 9.59 Å². The number of rotatable bonds is 2. The Morgan fingerprint density at radius 3 is 2.36 bits per heavy atom. The molecule has 1 aliphatic heterocycles. The van der Waals surface area contributed by atoms with Gasteiger partial charge in [-0.15, -0.1) is 0 Å². The zero-order valence-electron chi connectivity index (χ0n) is 7.87. The predicted molar refractivity (Wildman–Crippen MR) is 48.7 cm³/mol. The molecule has 1 aliphatic rings. The quantitative estimate of drug-likeness (QED) is 0.594. The van der Waals surface area contributed by atoms with E-state index >= 15 is 0 Å². The van der Waals surface area contributed by atoms with Crippen LogP contribution in [-0.2, 0) is 9.59 Å². The first kappa shape index (κ1) is 10.3. The summed E-state index contributed by atoms with van der Waals surface area (Å²) in [5, 5.41) is 20.3. The molecule has 0 aromatic carbocycles. The molecule has 1 unspecified atom stereocenters. The minimum atomic E-state index is -1.12. The lowest BCUT2D eigenvalue weighted by Gasteiger charge is -2.21. The summed E-state index contributed by atoms with van der Waals surface area (Å²) in [6.45, 7) is 3.17. The van der Waals surface area contributed by atoms with Gasteiger partial charge in [0.1, 0.15) is 0 Å². The number of hydrogen-bond donors (Lipinski definition) is 3. The topological polar surface area (TPSA) is 86.6 Å². The zero-order valence-corrected chi connectivity index (χ0v) is 7.87. The maximum absolute atomic E-state index is 10.8. The van der Waals surface area contributed by atoms with Crippen LogP contribution in [0.15, 0.2) is 22.9 Å². The molecule has 0 bridgehead atoms. The first-order valence-corrected chi connectivity index (χ1v) is 4.09. The lowest BCUT2D eigenvalue weighted by Crippen LogP contribution is -2.33. The van der Waals surface area contributed by atoms with Gasteiger partial charge < -0.3 is 15.5 Å². The minimum absolute atomic E-state index is 0.000463. The minimum Gasteiger partial charge on any atom is -0.478 e. The number of dihydropyridines is 1. The van der Waals surface area contributed by atoms with Gasteiger partial charge in [-0.25, -0.2) is 9.59 Å². The second-order valence-electron chi connectivity index (χ2n) is 3.10. The Balaban J connectivity index is 3.20. The third kappa shape index (κ3) is 1.61. The third-order valence-corrected chi connectivity index (χ3v) is 2.18. The van der Waals surface area contributed by atoms with Crippen LogP contribution in [0.3, 0.4) is 0 Å². The fourth-order valence-corrected chi connectivity index (χ4v) is 1.44. The summed E-state index contributed by atoms with van der Waals surface area (Å²) in [4.78, 5) is 21.5. The molecule has 76 valence electrons. The highest BCUT2D eigenvalue weighted by molar-refractivity contribution is 5.98. The summed E-state index contributed by atoms with van der Waals surface area (Å²) in [5.41, 5.74) is 0.404. The maximum Gasteiger partial charge on any atom is 0.337 e. The van der Waals surface area contributed by atoms with Crippen LogP contribution in [0.5, 0.6) is 0 Å². The van der Waals surface area contributed by atoms with E-state index in [1.807, 2.05) is 0 Å². The van der Waals surface area contributed by atoms with Crippen molar-refractivity contribution in [2.24, 2.45) is 0 Å². The van der Waals surface area contributed by atoms with E-state index < -0.39 is 11.9 Å². The van der Waals surface area contributed by atoms with Gasteiger partial charge in [0, 0.05) is 6.20 Å². The Kier molecular flexibility index (Phi) is 2.60. The highest BCUT2D eigenvalue weighted by atomic mass is 16.4. The van der Waals surface area contributed by atoms with E-state index in [-0.39, 0.29) is 17.2 Å². The molecule has 1 rings (SSSR count). The Bertz CT molecular complexity index is 354. The molecule has 0 saturated carbocycles.